The first-order chi connectivity index (χ1) is 13.6. The Hall–Kier alpha value is -2.36. The lowest BCUT2D eigenvalue weighted by molar-refractivity contribution is 0.243. The van der Waals surface area contributed by atoms with Gasteiger partial charge in [0.05, 0.1) is 28.8 Å². The van der Waals surface area contributed by atoms with Crippen molar-refractivity contribution < 1.29 is 4.74 Å². The van der Waals surface area contributed by atoms with Crippen LogP contribution in [0.5, 0.6) is 0 Å². The summed E-state index contributed by atoms with van der Waals surface area (Å²) in [6, 6.07) is 8.66. The Morgan fingerprint density at radius 2 is 1.79 bits per heavy atom. The number of aryl methyl sites for hydroxylation is 1. The summed E-state index contributed by atoms with van der Waals surface area (Å²) in [4.78, 5) is 8.57. The second-order valence-electron chi connectivity index (χ2n) is 6.98. The standard InChI is InChI=1S/C23H20Cl2N2O/c1-15-5-7-18(8-6-15)16-3-2-4-17(10-9-16)19-11-27-23(28-14-19)22-20(24)12-26-13-21(22)25/h2-10,12-13,16,19H,11,14H2,1H3. The summed E-state index contributed by atoms with van der Waals surface area (Å²) < 4.78 is 5.91. The van der Waals surface area contributed by atoms with Crippen LogP contribution in [0, 0.1) is 12.8 Å². The first-order valence-corrected chi connectivity index (χ1v) is 9.97. The van der Waals surface area contributed by atoms with Gasteiger partial charge in [-0.25, -0.2) is 0 Å². The second kappa shape index (κ2) is 8.34. The van der Waals surface area contributed by atoms with E-state index in [1.807, 2.05) is 0 Å². The third-order valence-corrected chi connectivity index (χ3v) is 5.55. The fourth-order valence-corrected chi connectivity index (χ4v) is 3.87. The number of nitrogens with zero attached hydrogens (tertiary/aromatic N) is 2. The van der Waals surface area contributed by atoms with Crippen molar-refractivity contribution in [3.8, 4) is 0 Å². The molecule has 142 valence electrons. The Bertz CT molecular complexity index is 970. The van der Waals surface area contributed by atoms with Gasteiger partial charge in [0.2, 0.25) is 5.90 Å². The van der Waals surface area contributed by atoms with Crippen LogP contribution >= 0.6 is 23.2 Å². The Labute approximate surface area is 175 Å². The average Bonchev–Trinajstić information content (AvgIpc) is 2.95. The molecule has 0 saturated carbocycles. The van der Waals surface area contributed by atoms with Crippen molar-refractivity contribution in [3.63, 3.8) is 0 Å². The summed E-state index contributed by atoms with van der Waals surface area (Å²) in [5, 5.41) is 0.893. The van der Waals surface area contributed by atoms with E-state index in [9.17, 15) is 0 Å². The Balaban J connectivity index is 1.48. The number of aliphatic imine (C=N–C) groups is 1. The highest BCUT2D eigenvalue weighted by Gasteiger charge is 2.23. The van der Waals surface area contributed by atoms with E-state index in [1.165, 1.54) is 16.7 Å². The third kappa shape index (κ3) is 4.06. The predicted octanol–water partition coefficient (Wildman–Crippen LogP) is 5.93. The monoisotopic (exact) mass is 410 g/mol. The zero-order valence-electron chi connectivity index (χ0n) is 15.5. The van der Waals surface area contributed by atoms with E-state index in [1.54, 1.807) is 12.4 Å². The number of hydrogen-bond donors (Lipinski definition) is 0. The molecule has 0 spiro atoms. The number of hydrogen-bond acceptors (Lipinski definition) is 3. The fraction of sp³-hybridized carbons (Fsp3) is 0.217. The highest BCUT2D eigenvalue weighted by molar-refractivity contribution is 6.39. The van der Waals surface area contributed by atoms with Gasteiger partial charge in [-0.15, -0.1) is 0 Å². The van der Waals surface area contributed by atoms with Crippen LogP contribution in [0.4, 0.5) is 0 Å². The lowest BCUT2D eigenvalue weighted by Gasteiger charge is -2.23. The summed E-state index contributed by atoms with van der Waals surface area (Å²) in [5.41, 5.74) is 4.38. The van der Waals surface area contributed by atoms with Gasteiger partial charge in [-0.1, -0.05) is 83.4 Å². The molecule has 1 aliphatic heterocycles. The van der Waals surface area contributed by atoms with Crippen molar-refractivity contribution >= 4 is 29.1 Å². The van der Waals surface area contributed by atoms with Gasteiger partial charge in [0, 0.05) is 24.2 Å². The number of ether oxygens (including phenoxy) is 1. The summed E-state index contributed by atoms with van der Waals surface area (Å²) >= 11 is 12.4. The zero-order chi connectivity index (χ0) is 19.5. The SMILES string of the molecule is Cc1ccc(C2C=CC=C(C3CN=C(c4c(Cl)cncc4Cl)OC3)C=C2)cc1. The smallest absolute Gasteiger partial charge is 0.219 e. The molecule has 5 heteroatoms. The summed E-state index contributed by atoms with van der Waals surface area (Å²) in [5.74, 6) is 0.952. The summed E-state index contributed by atoms with van der Waals surface area (Å²) in [6.45, 7) is 3.27. The zero-order valence-corrected chi connectivity index (χ0v) is 17.0. The van der Waals surface area contributed by atoms with E-state index in [0.717, 1.165) is 0 Å². The molecule has 2 aliphatic rings. The Morgan fingerprint density at radius 3 is 2.46 bits per heavy atom. The van der Waals surface area contributed by atoms with Crippen molar-refractivity contribution in [2.75, 3.05) is 13.2 Å². The van der Waals surface area contributed by atoms with Crippen LogP contribution in [-0.4, -0.2) is 24.0 Å². The highest BCUT2D eigenvalue weighted by Crippen LogP contribution is 2.29. The van der Waals surface area contributed by atoms with E-state index in [-0.39, 0.29) is 11.8 Å². The Kier molecular flexibility index (Phi) is 5.65. The molecule has 4 rings (SSSR count). The van der Waals surface area contributed by atoms with Gasteiger partial charge in [0.15, 0.2) is 0 Å². The quantitative estimate of drug-likeness (QED) is 0.628. The fourth-order valence-electron chi connectivity index (χ4n) is 3.34. The molecule has 0 N–H and O–H groups in total. The normalized spacial score (nSPS) is 21.5. The minimum absolute atomic E-state index is 0.195. The molecule has 3 nitrogen and oxygen atoms in total. The third-order valence-electron chi connectivity index (χ3n) is 4.98. The number of halogens is 2. The van der Waals surface area contributed by atoms with E-state index >= 15 is 0 Å². The van der Waals surface area contributed by atoms with Crippen LogP contribution in [-0.2, 0) is 4.74 Å². The maximum atomic E-state index is 6.21. The number of pyridine rings is 1. The first kappa shape index (κ1) is 19.0. The molecule has 1 aromatic carbocycles. The topological polar surface area (TPSA) is 34.5 Å². The van der Waals surface area contributed by atoms with Gasteiger partial charge in [-0.2, -0.15) is 0 Å². The van der Waals surface area contributed by atoms with Crippen molar-refractivity contribution in [2.45, 2.75) is 12.8 Å². The van der Waals surface area contributed by atoms with Gasteiger partial charge < -0.3 is 4.74 Å². The minimum atomic E-state index is 0.195. The molecule has 0 saturated heterocycles. The van der Waals surface area contributed by atoms with E-state index in [0.29, 0.717) is 34.7 Å². The molecule has 28 heavy (non-hydrogen) atoms. The molecule has 1 aromatic heterocycles. The molecule has 2 aromatic rings. The molecule has 2 heterocycles. The van der Waals surface area contributed by atoms with E-state index in [4.69, 9.17) is 27.9 Å². The van der Waals surface area contributed by atoms with Crippen molar-refractivity contribution in [1.29, 1.82) is 0 Å². The predicted molar refractivity (Wildman–Crippen MR) is 115 cm³/mol. The highest BCUT2D eigenvalue weighted by atomic mass is 35.5. The van der Waals surface area contributed by atoms with Crippen LogP contribution < -0.4 is 0 Å². The van der Waals surface area contributed by atoms with Gasteiger partial charge in [-0.05, 0) is 18.1 Å². The van der Waals surface area contributed by atoms with Crippen LogP contribution in [0.1, 0.15) is 22.6 Å². The maximum Gasteiger partial charge on any atom is 0.219 e. The van der Waals surface area contributed by atoms with E-state index < -0.39 is 0 Å². The molecule has 2 atom stereocenters. The lowest BCUT2D eigenvalue weighted by Crippen LogP contribution is -2.25. The van der Waals surface area contributed by atoms with Gasteiger partial charge in [0.25, 0.3) is 0 Å². The number of rotatable bonds is 3. The van der Waals surface area contributed by atoms with Crippen LogP contribution in [0.15, 0.2) is 77.6 Å². The van der Waals surface area contributed by atoms with Crippen molar-refractivity contribution in [1.82, 2.24) is 4.98 Å². The molecular weight excluding hydrogens is 391 g/mol. The molecule has 0 fully saturated rings. The summed E-state index contributed by atoms with van der Waals surface area (Å²) in [6.07, 6.45) is 14.0. The molecule has 2 unspecified atom stereocenters. The second-order valence-corrected chi connectivity index (χ2v) is 7.79. The first-order valence-electron chi connectivity index (χ1n) is 9.21. The van der Waals surface area contributed by atoms with Gasteiger partial charge >= 0.3 is 0 Å². The number of benzene rings is 1. The van der Waals surface area contributed by atoms with Crippen molar-refractivity contribution in [3.05, 3.63) is 99.3 Å². The molecular formula is C23H20Cl2N2O. The number of aromatic nitrogens is 1. The summed E-state index contributed by atoms with van der Waals surface area (Å²) in [7, 11) is 0. The van der Waals surface area contributed by atoms with Crippen LogP contribution in [0.3, 0.4) is 0 Å². The molecule has 0 amide bonds. The van der Waals surface area contributed by atoms with Crippen molar-refractivity contribution in [2.24, 2.45) is 10.9 Å². The maximum absolute atomic E-state index is 6.21. The Morgan fingerprint density at radius 1 is 1.04 bits per heavy atom. The molecule has 0 radical (unpaired) electrons. The molecule has 1 aliphatic carbocycles. The average molecular weight is 411 g/mol. The minimum Gasteiger partial charge on any atom is -0.477 e. The van der Waals surface area contributed by atoms with Crippen LogP contribution in [0.2, 0.25) is 10.0 Å². The van der Waals surface area contributed by atoms with Gasteiger partial charge in [-0.3, -0.25) is 9.98 Å². The lowest BCUT2D eigenvalue weighted by atomic mass is 9.95. The van der Waals surface area contributed by atoms with Crippen LogP contribution in [0.25, 0.3) is 0 Å². The van der Waals surface area contributed by atoms with E-state index in [2.05, 4.69) is 71.5 Å². The largest absolute Gasteiger partial charge is 0.477 e. The molecule has 0 bridgehead atoms. The number of allylic oxidation sites excluding steroid dienone is 5. The van der Waals surface area contributed by atoms with Gasteiger partial charge in [0.1, 0.15) is 0 Å².